The minimum atomic E-state index is -1.49. The van der Waals surface area contributed by atoms with Crippen molar-refractivity contribution >= 4 is 11.7 Å². The smallest absolute Gasteiger partial charge is 0.309 e. The molecule has 7 rings (SSSR count). The molecule has 15 nitrogen and oxygen atoms in total. The van der Waals surface area contributed by atoms with Crippen molar-refractivity contribution in [2.75, 3.05) is 6.54 Å². The molecule has 0 spiro atoms. The average Bonchev–Trinajstić information content (AvgIpc) is 3.59. The van der Waals surface area contributed by atoms with Crippen LogP contribution in [0.1, 0.15) is 137 Å². The highest BCUT2D eigenvalue weighted by Crippen LogP contribution is 2.53. The molecule has 0 aromatic rings. The maximum atomic E-state index is 13.9. The first-order valence-corrected chi connectivity index (χ1v) is 26.6. The summed E-state index contributed by atoms with van der Waals surface area (Å²) in [5.41, 5.74) is 5.42. The Balaban J connectivity index is 1.25. The van der Waals surface area contributed by atoms with E-state index < -0.39 is 104 Å². The van der Waals surface area contributed by atoms with Crippen LogP contribution in [0.2, 0.25) is 0 Å². The largest absolute Gasteiger partial charge is 0.458 e. The molecule has 9 N–H and O–H groups in total. The van der Waals surface area contributed by atoms with Gasteiger partial charge in [0.15, 0.2) is 0 Å². The quantitative estimate of drug-likeness (QED) is 0.115. The number of aliphatic hydroxyl groups is 9. The second-order valence-electron chi connectivity index (χ2n) is 22.5. The van der Waals surface area contributed by atoms with Gasteiger partial charge in [-0.15, -0.1) is 0 Å². The van der Waals surface area contributed by atoms with Gasteiger partial charge in [-0.25, -0.2) is 0 Å². The SMILES string of the molecule is C=C1CCC[C@H]2O[C@H](CC3=C[C@@H]4C(C)=CC[C@@H](C)C[C@@H](/C=C(\C)[C@@H](O)[C@@H]5C[C@@H](O)[C@H](O)[C@@H](CC[C@H](O)/C=C/C(C)=C/CCC6=NCC[C@H](C3)[C@@]64C)O5)OC(=O)C[C@@H]3O[C@H]([C@@H](O)[C@H]3O)[C@@H](O)C1)C[C@@H](O)[C@@H]2O. The Morgan fingerprint density at radius 1 is 0.704 bits per heavy atom. The molecule has 15 heteroatoms. The molecule has 20 atom stereocenters. The molecular formula is C56H85NO14. The summed E-state index contributed by atoms with van der Waals surface area (Å²) in [6, 6.07) is 0. The van der Waals surface area contributed by atoms with E-state index in [1.807, 2.05) is 13.0 Å². The molecule has 71 heavy (non-hydrogen) atoms. The number of esters is 1. The van der Waals surface area contributed by atoms with E-state index in [0.29, 0.717) is 62.0 Å². The summed E-state index contributed by atoms with van der Waals surface area (Å²) in [6.07, 6.45) is 2.24. The first-order chi connectivity index (χ1) is 33.7. The van der Waals surface area contributed by atoms with Crippen LogP contribution in [0.3, 0.4) is 0 Å². The van der Waals surface area contributed by atoms with Crippen molar-refractivity contribution in [1.82, 2.24) is 0 Å². The topological polar surface area (TPSA) is 248 Å². The fourth-order valence-corrected chi connectivity index (χ4v) is 12.6. The Morgan fingerprint density at radius 2 is 1.44 bits per heavy atom. The Morgan fingerprint density at radius 3 is 2.20 bits per heavy atom. The van der Waals surface area contributed by atoms with Crippen molar-refractivity contribution in [2.24, 2.45) is 28.2 Å². The fraction of sp³-hybridized carbons (Fsp3) is 0.750. The third-order valence-electron chi connectivity index (χ3n) is 16.9. The molecule has 6 heterocycles. The summed E-state index contributed by atoms with van der Waals surface area (Å²) in [7, 11) is 0. The first-order valence-electron chi connectivity index (χ1n) is 26.6. The maximum Gasteiger partial charge on any atom is 0.309 e. The van der Waals surface area contributed by atoms with Crippen LogP contribution in [0, 0.1) is 23.2 Å². The number of hydrogen-bond donors (Lipinski definition) is 9. The normalized spacial score (nSPS) is 46.3. The molecule has 3 saturated heterocycles. The van der Waals surface area contributed by atoms with Crippen molar-refractivity contribution in [3.05, 3.63) is 70.9 Å². The Hall–Kier alpha value is -2.90. The lowest BCUT2D eigenvalue weighted by Gasteiger charge is -2.50. The molecule has 0 unspecified atom stereocenters. The van der Waals surface area contributed by atoms with Gasteiger partial charge in [0.25, 0.3) is 0 Å². The van der Waals surface area contributed by atoms with Crippen LogP contribution in [0.25, 0.3) is 0 Å². The molecule has 0 aromatic carbocycles. The third kappa shape index (κ3) is 13.7. The molecule has 0 amide bonds. The van der Waals surface area contributed by atoms with Crippen molar-refractivity contribution in [2.45, 2.75) is 235 Å². The Bertz CT molecular complexity index is 2030. The van der Waals surface area contributed by atoms with Crippen molar-refractivity contribution in [3.63, 3.8) is 0 Å². The maximum absolute atomic E-state index is 13.9. The average molecular weight is 996 g/mol. The highest BCUT2D eigenvalue weighted by Gasteiger charge is 2.50. The van der Waals surface area contributed by atoms with E-state index in [4.69, 9.17) is 23.9 Å². The van der Waals surface area contributed by atoms with Gasteiger partial charge in [-0.1, -0.05) is 73.1 Å². The second kappa shape index (κ2) is 24.6. The number of allylic oxidation sites excluding steroid dienone is 6. The third-order valence-corrected chi connectivity index (χ3v) is 16.9. The molecule has 0 radical (unpaired) electrons. The lowest BCUT2D eigenvalue weighted by molar-refractivity contribution is -0.190. The van der Waals surface area contributed by atoms with E-state index in [-0.39, 0.29) is 49.0 Å². The van der Waals surface area contributed by atoms with Gasteiger partial charge < -0.3 is 64.9 Å². The molecule has 1 aliphatic carbocycles. The van der Waals surface area contributed by atoms with Crippen molar-refractivity contribution in [3.8, 4) is 0 Å². The monoisotopic (exact) mass is 996 g/mol. The number of ether oxygens (including phenoxy) is 4. The van der Waals surface area contributed by atoms with E-state index in [2.05, 4.69) is 45.6 Å². The molecule has 398 valence electrons. The number of rotatable bonds is 0. The predicted molar refractivity (Wildman–Crippen MR) is 268 cm³/mol. The van der Waals surface area contributed by atoms with Gasteiger partial charge in [-0.2, -0.15) is 0 Å². The number of carbonyl (C=O) groups excluding carboxylic acids is 1. The van der Waals surface area contributed by atoms with Crippen LogP contribution in [-0.2, 0) is 23.7 Å². The fourth-order valence-electron chi connectivity index (χ4n) is 12.6. The summed E-state index contributed by atoms with van der Waals surface area (Å²) in [5.74, 6) is -0.476. The van der Waals surface area contributed by atoms with E-state index in [1.54, 1.807) is 19.1 Å². The highest BCUT2D eigenvalue weighted by atomic mass is 16.6. The minimum Gasteiger partial charge on any atom is -0.458 e. The van der Waals surface area contributed by atoms with Crippen molar-refractivity contribution in [1.29, 1.82) is 0 Å². The minimum absolute atomic E-state index is 0.00461. The Kier molecular flexibility index (Phi) is 19.4. The Labute approximate surface area is 420 Å². The van der Waals surface area contributed by atoms with E-state index in [1.165, 1.54) is 16.9 Å². The molecule has 3 fully saturated rings. The summed E-state index contributed by atoms with van der Waals surface area (Å²) in [4.78, 5) is 19.1. The number of aliphatic imine (C=N–C) groups is 1. The van der Waals surface area contributed by atoms with Crippen molar-refractivity contribution < 1.29 is 69.7 Å². The molecular weight excluding hydrogens is 911 g/mol. The molecule has 7 aliphatic rings. The molecule has 6 aliphatic heterocycles. The van der Waals surface area contributed by atoms with Gasteiger partial charge in [-0.05, 0) is 128 Å². The van der Waals surface area contributed by atoms with Crippen LogP contribution >= 0.6 is 0 Å². The van der Waals surface area contributed by atoms with Crippen LogP contribution in [-0.4, -0.2) is 162 Å². The zero-order chi connectivity index (χ0) is 51.3. The summed E-state index contributed by atoms with van der Waals surface area (Å²) in [5, 5.41) is 100. The zero-order valence-electron chi connectivity index (χ0n) is 42.7. The number of nitrogens with zero attached hydrogens (tertiary/aromatic N) is 1. The van der Waals surface area contributed by atoms with Gasteiger partial charge in [0.2, 0.25) is 0 Å². The van der Waals surface area contributed by atoms with Gasteiger partial charge in [0, 0.05) is 36.4 Å². The number of carbonyl (C=O) groups is 1. The van der Waals surface area contributed by atoms with Crippen LogP contribution in [0.15, 0.2) is 75.9 Å². The first kappa shape index (κ1) is 55.8. The molecule has 0 saturated carbocycles. The lowest BCUT2D eigenvalue weighted by atomic mass is 9.55. The summed E-state index contributed by atoms with van der Waals surface area (Å²) >= 11 is 0. The number of aliphatic hydroxyl groups excluding tert-OH is 9. The summed E-state index contributed by atoms with van der Waals surface area (Å²) < 4.78 is 25.0. The lowest BCUT2D eigenvalue weighted by Crippen LogP contribution is -2.51. The predicted octanol–water partition coefficient (Wildman–Crippen LogP) is 4.94. The second-order valence-corrected chi connectivity index (χ2v) is 22.5. The van der Waals surface area contributed by atoms with E-state index >= 15 is 0 Å². The van der Waals surface area contributed by atoms with Gasteiger partial charge >= 0.3 is 5.97 Å². The molecule has 0 aromatic heterocycles. The standard InChI is InChI=1S/C56H85NO14/c1-30-9-8-12-48-56(6)36(19-20-57-48)24-35-25-39-27-41(59)51(64)44(68-39)11-7-10-31(2)22-43(61)55-54(67)53(66)47(71-55)29-49(62)69-38(21-32(3)13-15-33(4)40(56)26-35)23-34(5)50(63)46-28-42(60)52(65)45(70-46)18-17-37(58)16-14-30/h9,14-16,23,26,32,36-47,50-55,58-61,63-67H,2,7-8,10-13,17-22,24-25,27-29H2,1,3-6H3/b16-14+,30-9+,33-15?,34-23+/t32-,36-,37-,38+,39-,40-,41-,42-,43+,44-,45-,46+,47+,50-,51+,52+,53+,54+,55+,56-/m1/s1. The van der Waals surface area contributed by atoms with E-state index in [9.17, 15) is 50.8 Å². The van der Waals surface area contributed by atoms with Gasteiger partial charge in [-0.3, -0.25) is 9.79 Å². The number of hydrogen-bond acceptors (Lipinski definition) is 15. The van der Waals surface area contributed by atoms with Gasteiger partial charge in [0.05, 0.1) is 61.4 Å². The van der Waals surface area contributed by atoms with Crippen LogP contribution < -0.4 is 0 Å². The van der Waals surface area contributed by atoms with Crippen LogP contribution in [0.4, 0.5) is 0 Å². The summed E-state index contributed by atoms with van der Waals surface area (Å²) in [6.45, 7) is 15.2. The highest BCUT2D eigenvalue weighted by molar-refractivity contribution is 5.92. The molecule has 9 bridgehead atoms. The van der Waals surface area contributed by atoms with E-state index in [0.717, 1.165) is 37.8 Å². The number of fused-ring (bicyclic) bond motifs is 10. The van der Waals surface area contributed by atoms with Gasteiger partial charge in [0.1, 0.15) is 42.7 Å². The van der Waals surface area contributed by atoms with Crippen LogP contribution in [0.5, 0.6) is 0 Å². The zero-order valence-corrected chi connectivity index (χ0v) is 42.7.